The van der Waals surface area contributed by atoms with Gasteiger partial charge in [-0.1, -0.05) is 18.2 Å². The van der Waals surface area contributed by atoms with Crippen molar-refractivity contribution in [2.75, 3.05) is 31.1 Å². The molecule has 1 aliphatic rings. The molecule has 140 valence electrons. The molecule has 1 fully saturated rings. The van der Waals surface area contributed by atoms with Crippen molar-refractivity contribution >= 4 is 15.8 Å². The molecule has 1 saturated heterocycles. The van der Waals surface area contributed by atoms with E-state index in [9.17, 15) is 26.0 Å². The van der Waals surface area contributed by atoms with Gasteiger partial charge in [0.1, 0.15) is 0 Å². The van der Waals surface area contributed by atoms with Crippen molar-refractivity contribution in [1.82, 2.24) is 9.29 Å². The Morgan fingerprint density at radius 2 is 1.62 bits per heavy atom. The Morgan fingerprint density at radius 1 is 1.00 bits per heavy atom. The van der Waals surface area contributed by atoms with Crippen LogP contribution in [-0.2, 0) is 16.2 Å². The van der Waals surface area contributed by atoms with Gasteiger partial charge in [0.25, 0.3) is 0 Å². The Kier molecular flexibility index (Phi) is 4.89. The lowest BCUT2D eigenvalue weighted by molar-refractivity contribution is -0.138. The van der Waals surface area contributed by atoms with E-state index in [1.165, 1.54) is 21.3 Å². The van der Waals surface area contributed by atoms with Gasteiger partial charge in [-0.15, -0.1) is 0 Å². The van der Waals surface area contributed by atoms with Crippen LogP contribution in [0.4, 0.5) is 23.4 Å². The molecule has 0 amide bonds. The third-order valence-electron chi connectivity index (χ3n) is 4.07. The van der Waals surface area contributed by atoms with E-state index in [2.05, 4.69) is 4.98 Å². The molecule has 0 N–H and O–H groups in total. The molecule has 5 nitrogen and oxygen atoms in total. The SMILES string of the molecule is O=S(=O)(c1ccccc1)N1CCN(c2ncc(C(F)(F)F)cc2F)CC1. The number of piperazine rings is 1. The normalized spacial score (nSPS) is 16.7. The molecule has 1 aromatic heterocycles. The third-order valence-corrected chi connectivity index (χ3v) is 5.98. The molecule has 0 radical (unpaired) electrons. The van der Waals surface area contributed by atoms with E-state index in [0.29, 0.717) is 12.3 Å². The van der Waals surface area contributed by atoms with Crippen LogP contribution in [0.25, 0.3) is 0 Å². The summed E-state index contributed by atoms with van der Waals surface area (Å²) >= 11 is 0. The molecule has 26 heavy (non-hydrogen) atoms. The molecule has 1 aliphatic heterocycles. The van der Waals surface area contributed by atoms with Crippen LogP contribution < -0.4 is 4.90 Å². The first-order valence-corrected chi connectivity index (χ1v) is 9.16. The molecule has 10 heteroatoms. The Hall–Kier alpha value is -2.20. The van der Waals surface area contributed by atoms with Crippen molar-refractivity contribution in [3.05, 3.63) is 54.0 Å². The maximum atomic E-state index is 14.0. The first-order valence-electron chi connectivity index (χ1n) is 7.72. The Labute approximate surface area is 147 Å². The van der Waals surface area contributed by atoms with Crippen LogP contribution >= 0.6 is 0 Å². The number of hydrogen-bond acceptors (Lipinski definition) is 4. The van der Waals surface area contributed by atoms with E-state index in [0.717, 1.165) is 0 Å². The van der Waals surface area contributed by atoms with Crippen LogP contribution in [-0.4, -0.2) is 43.9 Å². The Balaban J connectivity index is 1.73. The zero-order valence-corrected chi connectivity index (χ0v) is 14.3. The molecule has 0 aliphatic carbocycles. The Bertz CT molecular complexity index is 880. The fourth-order valence-corrected chi connectivity index (χ4v) is 4.14. The van der Waals surface area contributed by atoms with Crippen molar-refractivity contribution in [2.45, 2.75) is 11.1 Å². The second kappa shape index (κ2) is 6.84. The number of anilines is 1. The lowest BCUT2D eigenvalue weighted by Crippen LogP contribution is -2.49. The van der Waals surface area contributed by atoms with Crippen LogP contribution in [0.3, 0.4) is 0 Å². The van der Waals surface area contributed by atoms with Gasteiger partial charge in [-0.05, 0) is 18.2 Å². The molecule has 0 saturated carbocycles. The number of alkyl halides is 3. The maximum absolute atomic E-state index is 14.0. The van der Waals surface area contributed by atoms with E-state index in [1.54, 1.807) is 18.2 Å². The van der Waals surface area contributed by atoms with Crippen molar-refractivity contribution in [3.63, 3.8) is 0 Å². The van der Waals surface area contributed by atoms with E-state index < -0.39 is 27.6 Å². The highest BCUT2D eigenvalue weighted by Crippen LogP contribution is 2.31. The highest BCUT2D eigenvalue weighted by atomic mass is 32.2. The zero-order chi connectivity index (χ0) is 18.9. The fourth-order valence-electron chi connectivity index (χ4n) is 2.70. The summed E-state index contributed by atoms with van der Waals surface area (Å²) in [6, 6.07) is 8.30. The molecular formula is C16H15F4N3O2S. The lowest BCUT2D eigenvalue weighted by Gasteiger charge is -2.34. The summed E-state index contributed by atoms with van der Waals surface area (Å²) in [5.74, 6) is -1.30. The van der Waals surface area contributed by atoms with Crippen molar-refractivity contribution in [2.24, 2.45) is 0 Å². The number of pyridine rings is 1. The van der Waals surface area contributed by atoms with E-state index in [-0.39, 0.29) is 36.9 Å². The van der Waals surface area contributed by atoms with Crippen LogP contribution in [0, 0.1) is 5.82 Å². The van der Waals surface area contributed by atoms with Gasteiger partial charge in [0.2, 0.25) is 10.0 Å². The van der Waals surface area contributed by atoms with Gasteiger partial charge in [0, 0.05) is 32.4 Å². The number of nitrogens with zero attached hydrogens (tertiary/aromatic N) is 3. The zero-order valence-electron chi connectivity index (χ0n) is 13.4. The second-order valence-corrected chi connectivity index (χ2v) is 7.67. The largest absolute Gasteiger partial charge is 0.417 e. The van der Waals surface area contributed by atoms with Crippen molar-refractivity contribution < 1.29 is 26.0 Å². The van der Waals surface area contributed by atoms with Crippen LogP contribution in [0.5, 0.6) is 0 Å². The van der Waals surface area contributed by atoms with Crippen LogP contribution in [0.15, 0.2) is 47.5 Å². The van der Waals surface area contributed by atoms with Crippen LogP contribution in [0.1, 0.15) is 5.56 Å². The van der Waals surface area contributed by atoms with E-state index in [4.69, 9.17) is 0 Å². The summed E-state index contributed by atoms with van der Waals surface area (Å²) in [5.41, 5.74) is -1.16. The van der Waals surface area contributed by atoms with E-state index in [1.807, 2.05) is 0 Å². The number of halogens is 4. The van der Waals surface area contributed by atoms with Gasteiger partial charge in [-0.3, -0.25) is 0 Å². The number of aromatic nitrogens is 1. The highest BCUT2D eigenvalue weighted by Gasteiger charge is 2.33. The average Bonchev–Trinajstić information content (AvgIpc) is 2.62. The predicted octanol–water partition coefficient (Wildman–Crippen LogP) is 2.75. The summed E-state index contributed by atoms with van der Waals surface area (Å²) in [6.07, 6.45) is -4.10. The maximum Gasteiger partial charge on any atom is 0.417 e. The van der Waals surface area contributed by atoms with Crippen molar-refractivity contribution in [3.8, 4) is 0 Å². The molecule has 1 aromatic carbocycles. The summed E-state index contributed by atoms with van der Waals surface area (Å²) in [6.45, 7) is 0.418. The fraction of sp³-hybridized carbons (Fsp3) is 0.312. The third kappa shape index (κ3) is 3.65. The summed E-state index contributed by atoms with van der Waals surface area (Å²) in [7, 11) is -3.66. The van der Waals surface area contributed by atoms with Gasteiger partial charge in [-0.25, -0.2) is 17.8 Å². The Morgan fingerprint density at radius 3 is 2.15 bits per heavy atom. The van der Waals surface area contributed by atoms with E-state index >= 15 is 0 Å². The highest BCUT2D eigenvalue weighted by molar-refractivity contribution is 7.89. The molecule has 0 atom stereocenters. The lowest BCUT2D eigenvalue weighted by atomic mass is 10.2. The van der Waals surface area contributed by atoms with Crippen LogP contribution in [0.2, 0.25) is 0 Å². The standard InChI is InChI=1S/C16H15F4N3O2S/c17-14-10-12(16(18,19)20)11-21-15(14)22-6-8-23(9-7-22)26(24,25)13-4-2-1-3-5-13/h1-5,10-11H,6-9H2. The van der Waals surface area contributed by atoms with Gasteiger partial charge < -0.3 is 4.90 Å². The minimum Gasteiger partial charge on any atom is -0.352 e. The molecule has 0 unspecified atom stereocenters. The molecular weight excluding hydrogens is 374 g/mol. The van der Waals surface area contributed by atoms with Gasteiger partial charge >= 0.3 is 6.18 Å². The number of rotatable bonds is 3. The van der Waals surface area contributed by atoms with Gasteiger partial charge in [0.05, 0.1) is 10.5 Å². The number of sulfonamides is 1. The molecule has 2 aromatic rings. The second-order valence-electron chi connectivity index (χ2n) is 5.73. The smallest absolute Gasteiger partial charge is 0.352 e. The summed E-state index contributed by atoms with van der Waals surface area (Å²) < 4.78 is 78.2. The molecule has 0 spiro atoms. The minimum absolute atomic E-state index is 0.0827. The molecule has 2 heterocycles. The quantitative estimate of drug-likeness (QED) is 0.758. The average molecular weight is 389 g/mol. The predicted molar refractivity (Wildman–Crippen MR) is 86.6 cm³/mol. The number of hydrogen-bond donors (Lipinski definition) is 0. The first kappa shape index (κ1) is 18.6. The van der Waals surface area contributed by atoms with Gasteiger partial charge in [0.15, 0.2) is 11.6 Å². The summed E-state index contributed by atoms with van der Waals surface area (Å²) in [4.78, 5) is 5.17. The first-order chi connectivity index (χ1) is 12.2. The molecule has 0 bridgehead atoms. The monoisotopic (exact) mass is 389 g/mol. The minimum atomic E-state index is -4.67. The number of benzene rings is 1. The van der Waals surface area contributed by atoms with Crippen molar-refractivity contribution in [1.29, 1.82) is 0 Å². The topological polar surface area (TPSA) is 53.5 Å². The summed E-state index contributed by atoms with van der Waals surface area (Å²) in [5, 5.41) is 0. The van der Waals surface area contributed by atoms with Gasteiger partial charge in [-0.2, -0.15) is 17.5 Å². The molecule has 3 rings (SSSR count).